The van der Waals surface area contributed by atoms with Crippen LogP contribution in [0.3, 0.4) is 0 Å². The maximum absolute atomic E-state index is 10.9. The number of methoxy groups -OCH3 is 1. The zero-order valence-corrected chi connectivity index (χ0v) is 15.2. The maximum Gasteiger partial charge on any atom is 0.288 e. The van der Waals surface area contributed by atoms with Crippen LogP contribution in [0.2, 0.25) is 5.02 Å². The Bertz CT molecular complexity index is 1180. The molecule has 0 fully saturated rings. The lowest BCUT2D eigenvalue weighted by molar-refractivity contribution is -0.384. The fraction of sp³-hybridized carbons (Fsp3) is 0.0526. The van der Waals surface area contributed by atoms with E-state index in [0.29, 0.717) is 39.6 Å². The number of ether oxygens (including phenoxy) is 2. The minimum atomic E-state index is -0.553. The molecule has 140 valence electrons. The second-order valence-corrected chi connectivity index (χ2v) is 6.10. The molecule has 0 amide bonds. The van der Waals surface area contributed by atoms with Gasteiger partial charge in [0.25, 0.3) is 5.69 Å². The number of rotatable bonds is 5. The van der Waals surface area contributed by atoms with Gasteiger partial charge in [-0.05, 0) is 18.2 Å². The van der Waals surface area contributed by atoms with Crippen LogP contribution < -0.4 is 9.47 Å². The Morgan fingerprint density at radius 2 is 1.96 bits per heavy atom. The van der Waals surface area contributed by atoms with E-state index >= 15 is 0 Å². The third kappa shape index (κ3) is 3.21. The van der Waals surface area contributed by atoms with Crippen molar-refractivity contribution in [3.63, 3.8) is 0 Å². The maximum atomic E-state index is 10.9. The zero-order chi connectivity index (χ0) is 19.7. The molecule has 2 heterocycles. The van der Waals surface area contributed by atoms with Gasteiger partial charge in [-0.25, -0.2) is 4.98 Å². The molecule has 2 aromatic carbocycles. The molecule has 0 aliphatic rings. The molecule has 0 radical (unpaired) electrons. The molecule has 9 heteroatoms. The van der Waals surface area contributed by atoms with Crippen LogP contribution in [0.5, 0.6) is 17.2 Å². The van der Waals surface area contributed by atoms with Crippen LogP contribution in [-0.4, -0.2) is 22.0 Å². The zero-order valence-electron chi connectivity index (χ0n) is 14.5. The molecule has 4 rings (SSSR count). The molecule has 0 N–H and O–H groups in total. The van der Waals surface area contributed by atoms with Gasteiger partial charge in [0.15, 0.2) is 0 Å². The van der Waals surface area contributed by atoms with Crippen LogP contribution in [0.15, 0.2) is 59.5 Å². The van der Waals surface area contributed by atoms with Crippen molar-refractivity contribution in [2.45, 2.75) is 0 Å². The fourth-order valence-corrected chi connectivity index (χ4v) is 3.00. The Hall–Kier alpha value is -3.65. The molecule has 2 aromatic heterocycles. The SMILES string of the molecule is COc1cc2nccc(Oc3ccc([N+](=O)[O-])c(Cl)c3)c2cc1-c1ncco1. The van der Waals surface area contributed by atoms with Gasteiger partial charge in [0.05, 0.1) is 29.3 Å². The number of hydrogen-bond acceptors (Lipinski definition) is 7. The molecule has 0 atom stereocenters. The number of benzene rings is 2. The number of halogens is 1. The van der Waals surface area contributed by atoms with E-state index in [9.17, 15) is 10.1 Å². The number of aromatic nitrogens is 2. The average Bonchev–Trinajstić information content (AvgIpc) is 3.21. The quantitative estimate of drug-likeness (QED) is 0.334. The molecule has 0 aliphatic carbocycles. The summed E-state index contributed by atoms with van der Waals surface area (Å²) < 4.78 is 16.7. The number of nitro benzene ring substituents is 1. The summed E-state index contributed by atoms with van der Waals surface area (Å²) in [6.07, 6.45) is 4.60. The Labute approximate surface area is 163 Å². The highest BCUT2D eigenvalue weighted by Gasteiger charge is 2.16. The number of nitrogens with zero attached hydrogens (tertiary/aromatic N) is 3. The number of nitro groups is 1. The number of hydrogen-bond donors (Lipinski definition) is 0. The van der Waals surface area contributed by atoms with Gasteiger partial charge in [-0.3, -0.25) is 15.1 Å². The number of fused-ring (bicyclic) bond motifs is 1. The second-order valence-electron chi connectivity index (χ2n) is 5.69. The van der Waals surface area contributed by atoms with Crippen LogP contribution in [0, 0.1) is 10.1 Å². The Balaban J connectivity index is 1.80. The van der Waals surface area contributed by atoms with E-state index in [1.54, 1.807) is 37.7 Å². The first-order chi connectivity index (χ1) is 13.6. The van der Waals surface area contributed by atoms with Crippen LogP contribution in [0.4, 0.5) is 5.69 Å². The van der Waals surface area contributed by atoms with E-state index in [1.165, 1.54) is 24.5 Å². The highest BCUT2D eigenvalue weighted by atomic mass is 35.5. The molecular weight excluding hydrogens is 386 g/mol. The van der Waals surface area contributed by atoms with E-state index in [2.05, 4.69) is 9.97 Å². The first kappa shape index (κ1) is 17.7. The summed E-state index contributed by atoms with van der Waals surface area (Å²) >= 11 is 5.97. The topological polar surface area (TPSA) is 101 Å². The molecule has 0 bridgehead atoms. The molecule has 0 saturated heterocycles. The van der Waals surface area contributed by atoms with Gasteiger partial charge in [0.1, 0.15) is 28.5 Å². The van der Waals surface area contributed by atoms with E-state index in [4.69, 9.17) is 25.5 Å². The average molecular weight is 398 g/mol. The Morgan fingerprint density at radius 1 is 1.11 bits per heavy atom. The Kier molecular flexibility index (Phi) is 4.54. The standard InChI is InChI=1S/C19H12ClN3O5/c1-26-18-10-15-12(9-13(18)19-22-6-7-27-19)17(4-5-21-15)28-11-2-3-16(23(24)25)14(20)8-11/h2-10H,1H3. The van der Waals surface area contributed by atoms with Gasteiger partial charge in [0, 0.05) is 29.8 Å². The summed E-state index contributed by atoms with van der Waals surface area (Å²) in [4.78, 5) is 18.9. The molecule has 0 spiro atoms. The first-order valence-corrected chi connectivity index (χ1v) is 8.43. The predicted octanol–water partition coefficient (Wildman–Crippen LogP) is 5.25. The largest absolute Gasteiger partial charge is 0.496 e. The fourth-order valence-electron chi connectivity index (χ4n) is 2.76. The summed E-state index contributed by atoms with van der Waals surface area (Å²) in [5.74, 6) is 1.80. The van der Waals surface area contributed by atoms with Crippen molar-refractivity contribution in [3.05, 3.63) is 70.2 Å². The van der Waals surface area contributed by atoms with Crippen LogP contribution >= 0.6 is 11.6 Å². The van der Waals surface area contributed by atoms with E-state index in [1.807, 2.05) is 0 Å². The van der Waals surface area contributed by atoms with Crippen molar-refractivity contribution in [1.82, 2.24) is 9.97 Å². The monoisotopic (exact) mass is 397 g/mol. The normalized spacial score (nSPS) is 10.8. The summed E-state index contributed by atoms with van der Waals surface area (Å²) in [6.45, 7) is 0. The Morgan fingerprint density at radius 3 is 2.64 bits per heavy atom. The van der Waals surface area contributed by atoms with Crippen molar-refractivity contribution in [2.75, 3.05) is 7.11 Å². The smallest absolute Gasteiger partial charge is 0.288 e. The van der Waals surface area contributed by atoms with Gasteiger partial charge < -0.3 is 13.9 Å². The lowest BCUT2D eigenvalue weighted by Gasteiger charge is -2.12. The molecule has 0 saturated carbocycles. The molecular formula is C19H12ClN3O5. The second kappa shape index (κ2) is 7.16. The van der Waals surface area contributed by atoms with Gasteiger partial charge in [-0.15, -0.1) is 0 Å². The summed E-state index contributed by atoms with van der Waals surface area (Å²) in [5.41, 5.74) is 1.08. The minimum Gasteiger partial charge on any atom is -0.496 e. The molecule has 0 unspecified atom stereocenters. The lowest BCUT2D eigenvalue weighted by atomic mass is 10.1. The highest BCUT2D eigenvalue weighted by Crippen LogP contribution is 2.38. The van der Waals surface area contributed by atoms with Crippen molar-refractivity contribution in [3.8, 4) is 28.7 Å². The third-order valence-electron chi connectivity index (χ3n) is 4.03. The number of oxazole rings is 1. The van der Waals surface area contributed by atoms with Crippen molar-refractivity contribution in [2.24, 2.45) is 0 Å². The summed E-state index contributed by atoms with van der Waals surface area (Å²) in [5, 5.41) is 11.6. The first-order valence-electron chi connectivity index (χ1n) is 8.05. The van der Waals surface area contributed by atoms with Crippen LogP contribution in [0.1, 0.15) is 0 Å². The number of pyridine rings is 1. The minimum absolute atomic E-state index is 0.0111. The van der Waals surface area contributed by atoms with Crippen molar-refractivity contribution < 1.29 is 18.8 Å². The molecule has 0 aliphatic heterocycles. The lowest BCUT2D eigenvalue weighted by Crippen LogP contribution is -1.93. The summed E-state index contributed by atoms with van der Waals surface area (Å²) in [6, 6.07) is 9.41. The van der Waals surface area contributed by atoms with Gasteiger partial charge in [0.2, 0.25) is 5.89 Å². The van der Waals surface area contributed by atoms with Crippen molar-refractivity contribution in [1.29, 1.82) is 0 Å². The van der Waals surface area contributed by atoms with Crippen LogP contribution in [0.25, 0.3) is 22.4 Å². The van der Waals surface area contributed by atoms with E-state index in [0.717, 1.165) is 0 Å². The molecule has 28 heavy (non-hydrogen) atoms. The summed E-state index contributed by atoms with van der Waals surface area (Å²) in [7, 11) is 1.55. The highest BCUT2D eigenvalue weighted by molar-refractivity contribution is 6.32. The molecule has 8 nitrogen and oxygen atoms in total. The van der Waals surface area contributed by atoms with Gasteiger partial charge in [-0.2, -0.15) is 0 Å². The van der Waals surface area contributed by atoms with Crippen molar-refractivity contribution >= 4 is 28.2 Å². The van der Waals surface area contributed by atoms with E-state index in [-0.39, 0.29) is 10.7 Å². The third-order valence-corrected chi connectivity index (χ3v) is 4.33. The van der Waals surface area contributed by atoms with E-state index < -0.39 is 4.92 Å². The molecule has 4 aromatic rings. The predicted molar refractivity (Wildman–Crippen MR) is 102 cm³/mol. The van der Waals surface area contributed by atoms with Crippen LogP contribution in [-0.2, 0) is 0 Å². The van der Waals surface area contributed by atoms with Gasteiger partial charge in [-0.1, -0.05) is 11.6 Å². The van der Waals surface area contributed by atoms with Gasteiger partial charge >= 0.3 is 0 Å².